The molecule has 0 unspecified atom stereocenters. The third-order valence-electron chi connectivity index (χ3n) is 2.73. The van der Waals surface area contributed by atoms with Crippen LogP contribution < -0.4 is 14.8 Å². The summed E-state index contributed by atoms with van der Waals surface area (Å²) < 4.78 is 11.4. The normalized spacial score (nSPS) is 12.8. The molecule has 2 aromatic rings. The molecule has 22 heavy (non-hydrogen) atoms. The van der Waals surface area contributed by atoms with Crippen LogP contribution in [0.3, 0.4) is 0 Å². The second kappa shape index (κ2) is 6.80. The summed E-state index contributed by atoms with van der Waals surface area (Å²) in [7, 11) is 0. The number of hydrogen-bond acceptors (Lipinski definition) is 7. The standard InChI is InChI=1S/C14H13N3O3S2/c1-2-21-14-17-16-13(22-14)15-12(18)6-4-9-3-5-10-11(7-9)20-8-19-10/h3-7H,2,8H2,1H3,(H,15,16,18)/b6-4+. The van der Waals surface area contributed by atoms with Crippen molar-refractivity contribution in [3.05, 3.63) is 29.8 Å². The molecular weight excluding hydrogens is 322 g/mol. The van der Waals surface area contributed by atoms with Crippen LogP contribution in [-0.2, 0) is 4.79 Å². The maximum Gasteiger partial charge on any atom is 0.250 e. The third kappa shape index (κ3) is 3.58. The number of anilines is 1. The van der Waals surface area contributed by atoms with E-state index < -0.39 is 0 Å². The number of fused-ring (bicyclic) bond motifs is 1. The number of ether oxygens (including phenoxy) is 2. The first-order valence-corrected chi connectivity index (χ1v) is 8.40. The molecule has 1 aliphatic heterocycles. The third-order valence-corrected chi connectivity index (χ3v) is 4.58. The molecule has 0 spiro atoms. The zero-order valence-electron chi connectivity index (χ0n) is 11.7. The number of aromatic nitrogens is 2. The summed E-state index contributed by atoms with van der Waals surface area (Å²) in [4.78, 5) is 11.9. The molecule has 0 radical (unpaired) electrons. The van der Waals surface area contributed by atoms with Gasteiger partial charge in [-0.3, -0.25) is 10.1 Å². The molecule has 0 fully saturated rings. The molecule has 2 heterocycles. The van der Waals surface area contributed by atoms with Gasteiger partial charge in [-0.25, -0.2) is 0 Å². The summed E-state index contributed by atoms with van der Waals surface area (Å²) in [6.45, 7) is 2.27. The van der Waals surface area contributed by atoms with Crippen molar-refractivity contribution in [2.75, 3.05) is 17.9 Å². The molecule has 8 heteroatoms. The van der Waals surface area contributed by atoms with Crippen LogP contribution in [0.15, 0.2) is 28.6 Å². The zero-order valence-corrected chi connectivity index (χ0v) is 13.4. The van der Waals surface area contributed by atoms with E-state index in [1.807, 2.05) is 25.1 Å². The highest BCUT2D eigenvalue weighted by Crippen LogP contribution is 2.32. The molecule has 0 atom stereocenters. The Morgan fingerprint density at radius 2 is 2.27 bits per heavy atom. The first-order chi connectivity index (χ1) is 10.7. The Labute approximate surface area is 135 Å². The highest BCUT2D eigenvalue weighted by molar-refractivity contribution is 8.01. The predicted octanol–water partition coefficient (Wildman–Crippen LogP) is 3.03. The Bertz CT molecular complexity index is 715. The summed E-state index contributed by atoms with van der Waals surface area (Å²) in [5, 5.41) is 11.1. The van der Waals surface area contributed by atoms with Gasteiger partial charge in [0, 0.05) is 6.08 Å². The van der Waals surface area contributed by atoms with Gasteiger partial charge in [-0.15, -0.1) is 10.2 Å². The minimum absolute atomic E-state index is 0.234. The number of nitrogens with zero attached hydrogens (tertiary/aromatic N) is 2. The van der Waals surface area contributed by atoms with Gasteiger partial charge in [0.05, 0.1) is 0 Å². The van der Waals surface area contributed by atoms with E-state index in [4.69, 9.17) is 9.47 Å². The maximum absolute atomic E-state index is 11.9. The number of nitrogens with one attached hydrogen (secondary N) is 1. The van der Waals surface area contributed by atoms with Crippen molar-refractivity contribution < 1.29 is 14.3 Å². The summed E-state index contributed by atoms with van der Waals surface area (Å²) in [6, 6.07) is 5.50. The Morgan fingerprint density at radius 3 is 3.14 bits per heavy atom. The lowest BCUT2D eigenvalue weighted by Crippen LogP contribution is -2.07. The highest BCUT2D eigenvalue weighted by Gasteiger charge is 2.12. The van der Waals surface area contributed by atoms with Gasteiger partial charge in [0.2, 0.25) is 17.8 Å². The Kier molecular flexibility index (Phi) is 4.59. The number of carbonyl (C=O) groups excluding carboxylic acids is 1. The van der Waals surface area contributed by atoms with E-state index in [1.165, 1.54) is 17.4 Å². The van der Waals surface area contributed by atoms with Crippen LogP contribution in [0.5, 0.6) is 11.5 Å². The topological polar surface area (TPSA) is 73.3 Å². The van der Waals surface area contributed by atoms with E-state index in [0.717, 1.165) is 21.4 Å². The van der Waals surface area contributed by atoms with E-state index in [-0.39, 0.29) is 12.7 Å². The Morgan fingerprint density at radius 1 is 1.41 bits per heavy atom. The van der Waals surface area contributed by atoms with Gasteiger partial charge >= 0.3 is 0 Å². The highest BCUT2D eigenvalue weighted by atomic mass is 32.2. The molecule has 3 rings (SSSR count). The minimum Gasteiger partial charge on any atom is -0.454 e. The fourth-order valence-electron chi connectivity index (χ4n) is 1.78. The van der Waals surface area contributed by atoms with E-state index in [2.05, 4.69) is 15.5 Å². The van der Waals surface area contributed by atoms with Gasteiger partial charge in [0.1, 0.15) is 0 Å². The number of benzene rings is 1. The van der Waals surface area contributed by atoms with Gasteiger partial charge in [-0.05, 0) is 29.5 Å². The molecule has 6 nitrogen and oxygen atoms in total. The van der Waals surface area contributed by atoms with Gasteiger partial charge in [0.15, 0.2) is 15.8 Å². The lowest BCUT2D eigenvalue weighted by Gasteiger charge is -1.98. The summed E-state index contributed by atoms with van der Waals surface area (Å²) >= 11 is 2.96. The molecular formula is C14H13N3O3S2. The second-order valence-electron chi connectivity index (χ2n) is 4.24. The summed E-state index contributed by atoms with van der Waals surface area (Å²) in [5.41, 5.74) is 0.860. The fraction of sp³-hybridized carbons (Fsp3) is 0.214. The van der Waals surface area contributed by atoms with Gasteiger partial charge in [0.25, 0.3) is 0 Å². The number of thioether (sulfide) groups is 1. The van der Waals surface area contributed by atoms with Crippen LogP contribution in [0.1, 0.15) is 12.5 Å². The van der Waals surface area contributed by atoms with Crippen molar-refractivity contribution in [2.45, 2.75) is 11.3 Å². The largest absolute Gasteiger partial charge is 0.454 e. The molecule has 0 saturated heterocycles. The van der Waals surface area contributed by atoms with Crippen LogP contribution in [0.4, 0.5) is 5.13 Å². The number of amides is 1. The molecule has 1 aromatic heterocycles. The van der Waals surface area contributed by atoms with Crippen molar-refractivity contribution in [1.29, 1.82) is 0 Å². The number of hydrogen-bond donors (Lipinski definition) is 1. The lowest BCUT2D eigenvalue weighted by molar-refractivity contribution is -0.111. The van der Waals surface area contributed by atoms with Crippen LogP contribution in [-0.4, -0.2) is 28.7 Å². The quantitative estimate of drug-likeness (QED) is 0.514. The lowest BCUT2D eigenvalue weighted by atomic mass is 10.2. The summed E-state index contributed by atoms with van der Waals surface area (Å²) in [6.07, 6.45) is 3.16. The van der Waals surface area contributed by atoms with Crippen molar-refractivity contribution >= 4 is 40.2 Å². The Hall–Kier alpha value is -2.06. The summed E-state index contributed by atoms with van der Waals surface area (Å²) in [5.74, 6) is 2.08. The molecule has 0 aliphatic carbocycles. The van der Waals surface area contributed by atoms with E-state index in [1.54, 1.807) is 17.8 Å². The molecule has 1 amide bonds. The monoisotopic (exact) mass is 335 g/mol. The first kappa shape index (κ1) is 14.9. The number of carbonyl (C=O) groups is 1. The van der Waals surface area contributed by atoms with Crippen LogP contribution >= 0.6 is 23.1 Å². The van der Waals surface area contributed by atoms with Crippen LogP contribution in [0.2, 0.25) is 0 Å². The zero-order chi connectivity index (χ0) is 15.4. The number of rotatable bonds is 5. The van der Waals surface area contributed by atoms with Crippen LogP contribution in [0, 0.1) is 0 Å². The average molecular weight is 335 g/mol. The SMILES string of the molecule is CCSc1nnc(NC(=O)/C=C/c2ccc3c(c2)OCO3)s1. The van der Waals surface area contributed by atoms with Crippen LogP contribution in [0.25, 0.3) is 6.08 Å². The molecule has 1 N–H and O–H groups in total. The van der Waals surface area contributed by atoms with E-state index in [0.29, 0.717) is 10.9 Å². The van der Waals surface area contributed by atoms with Crippen molar-refractivity contribution in [3.8, 4) is 11.5 Å². The van der Waals surface area contributed by atoms with Crippen molar-refractivity contribution in [3.63, 3.8) is 0 Å². The van der Waals surface area contributed by atoms with Gasteiger partial charge in [-0.1, -0.05) is 36.1 Å². The first-order valence-electron chi connectivity index (χ1n) is 6.59. The molecule has 0 bridgehead atoms. The molecule has 0 saturated carbocycles. The smallest absolute Gasteiger partial charge is 0.250 e. The van der Waals surface area contributed by atoms with E-state index >= 15 is 0 Å². The fourth-order valence-corrected chi connectivity index (χ4v) is 3.43. The molecule has 1 aliphatic rings. The van der Waals surface area contributed by atoms with Crippen molar-refractivity contribution in [2.24, 2.45) is 0 Å². The second-order valence-corrected chi connectivity index (χ2v) is 6.73. The Balaban J connectivity index is 1.60. The predicted molar refractivity (Wildman–Crippen MR) is 86.5 cm³/mol. The van der Waals surface area contributed by atoms with E-state index in [9.17, 15) is 4.79 Å². The van der Waals surface area contributed by atoms with Gasteiger partial charge < -0.3 is 9.47 Å². The average Bonchev–Trinajstić information content (AvgIpc) is 3.14. The maximum atomic E-state index is 11.9. The molecule has 114 valence electrons. The minimum atomic E-state index is -0.248. The van der Waals surface area contributed by atoms with Gasteiger partial charge in [-0.2, -0.15) is 0 Å². The van der Waals surface area contributed by atoms with Crippen molar-refractivity contribution in [1.82, 2.24) is 10.2 Å². The molecule has 1 aromatic carbocycles.